The highest BCUT2D eigenvalue weighted by molar-refractivity contribution is 7.92. The van der Waals surface area contributed by atoms with Gasteiger partial charge in [0.25, 0.3) is 0 Å². The zero-order valence-electron chi connectivity index (χ0n) is 9.05. The van der Waals surface area contributed by atoms with E-state index in [2.05, 4.69) is 0 Å². The zero-order valence-corrected chi connectivity index (χ0v) is 9.87. The molecule has 0 amide bonds. The molecule has 1 aliphatic rings. The standard InChI is InChI=1S/C11H15NO3S/c1-8-2-4-9(5-3-8)16(14,15)10-6-11(10,12)7-13/h2-5,10,13H,6-7,12H2,1H3. The van der Waals surface area contributed by atoms with Crippen LogP contribution in [0.1, 0.15) is 12.0 Å². The molecule has 88 valence electrons. The monoisotopic (exact) mass is 241 g/mol. The average Bonchev–Trinajstić information content (AvgIpc) is 2.93. The lowest BCUT2D eigenvalue weighted by molar-refractivity contribution is 0.257. The molecule has 1 aromatic carbocycles. The summed E-state index contributed by atoms with van der Waals surface area (Å²) >= 11 is 0. The van der Waals surface area contributed by atoms with E-state index in [1.807, 2.05) is 6.92 Å². The van der Waals surface area contributed by atoms with Crippen LogP contribution in [0.15, 0.2) is 29.2 Å². The van der Waals surface area contributed by atoms with E-state index in [9.17, 15) is 8.42 Å². The largest absolute Gasteiger partial charge is 0.394 e. The highest BCUT2D eigenvalue weighted by Gasteiger charge is 2.58. The van der Waals surface area contributed by atoms with E-state index in [0.29, 0.717) is 6.42 Å². The molecule has 1 aromatic rings. The highest BCUT2D eigenvalue weighted by Crippen LogP contribution is 2.42. The number of sulfone groups is 1. The van der Waals surface area contributed by atoms with Crippen LogP contribution in [0.4, 0.5) is 0 Å². The molecule has 1 fully saturated rings. The zero-order chi connectivity index (χ0) is 12.0. The van der Waals surface area contributed by atoms with Crippen molar-refractivity contribution >= 4 is 9.84 Å². The van der Waals surface area contributed by atoms with Crippen molar-refractivity contribution in [1.82, 2.24) is 0 Å². The molecule has 0 bridgehead atoms. The fraction of sp³-hybridized carbons (Fsp3) is 0.455. The molecule has 4 nitrogen and oxygen atoms in total. The summed E-state index contributed by atoms with van der Waals surface area (Å²) in [6.07, 6.45) is 0.333. The van der Waals surface area contributed by atoms with Crippen molar-refractivity contribution < 1.29 is 13.5 Å². The maximum Gasteiger partial charge on any atom is 0.183 e. The average molecular weight is 241 g/mol. The van der Waals surface area contributed by atoms with Crippen molar-refractivity contribution in [2.24, 2.45) is 5.73 Å². The number of rotatable bonds is 3. The number of hydrogen-bond donors (Lipinski definition) is 2. The lowest BCUT2D eigenvalue weighted by atomic mass is 10.2. The molecule has 0 spiro atoms. The predicted molar refractivity (Wildman–Crippen MR) is 60.8 cm³/mol. The minimum atomic E-state index is -3.39. The third-order valence-electron chi connectivity index (χ3n) is 3.07. The molecule has 1 aliphatic carbocycles. The summed E-state index contributed by atoms with van der Waals surface area (Å²) in [6, 6.07) is 6.68. The van der Waals surface area contributed by atoms with E-state index in [0.717, 1.165) is 5.56 Å². The summed E-state index contributed by atoms with van der Waals surface area (Å²) < 4.78 is 24.2. The van der Waals surface area contributed by atoms with Gasteiger partial charge in [-0.3, -0.25) is 0 Å². The number of benzene rings is 1. The normalized spacial score (nSPS) is 29.1. The van der Waals surface area contributed by atoms with Gasteiger partial charge < -0.3 is 10.8 Å². The van der Waals surface area contributed by atoms with E-state index in [1.165, 1.54) is 0 Å². The van der Waals surface area contributed by atoms with Gasteiger partial charge in [-0.05, 0) is 25.5 Å². The van der Waals surface area contributed by atoms with Crippen LogP contribution in [-0.2, 0) is 9.84 Å². The fourth-order valence-electron chi connectivity index (χ4n) is 1.76. The van der Waals surface area contributed by atoms with Crippen molar-refractivity contribution in [2.45, 2.75) is 29.0 Å². The second kappa shape index (κ2) is 3.55. The molecular formula is C11H15NO3S. The molecule has 3 N–H and O–H groups in total. The second-order valence-electron chi connectivity index (χ2n) is 4.44. The van der Waals surface area contributed by atoms with Crippen molar-refractivity contribution in [1.29, 1.82) is 0 Å². The Morgan fingerprint density at radius 3 is 2.44 bits per heavy atom. The Bertz CT molecular complexity index is 494. The molecule has 5 heteroatoms. The third-order valence-corrected chi connectivity index (χ3v) is 5.38. The molecule has 16 heavy (non-hydrogen) atoms. The smallest absolute Gasteiger partial charge is 0.183 e. The molecule has 0 aromatic heterocycles. The van der Waals surface area contributed by atoms with Crippen LogP contribution in [0, 0.1) is 6.92 Å². The number of nitrogens with two attached hydrogens (primary N) is 1. The Morgan fingerprint density at radius 2 is 2.00 bits per heavy atom. The van der Waals surface area contributed by atoms with Gasteiger partial charge in [0.2, 0.25) is 0 Å². The van der Waals surface area contributed by atoms with Crippen molar-refractivity contribution in [3.8, 4) is 0 Å². The van der Waals surface area contributed by atoms with Gasteiger partial charge in [-0.2, -0.15) is 0 Å². The molecule has 2 rings (SSSR count). The van der Waals surface area contributed by atoms with Gasteiger partial charge in [0.15, 0.2) is 9.84 Å². The van der Waals surface area contributed by atoms with Crippen LogP contribution in [0.25, 0.3) is 0 Å². The van der Waals surface area contributed by atoms with Gasteiger partial charge >= 0.3 is 0 Å². The van der Waals surface area contributed by atoms with Crippen LogP contribution >= 0.6 is 0 Å². The first kappa shape index (κ1) is 11.6. The van der Waals surface area contributed by atoms with Crippen LogP contribution in [0.3, 0.4) is 0 Å². The van der Waals surface area contributed by atoms with Gasteiger partial charge in [0, 0.05) is 0 Å². The lowest BCUT2D eigenvalue weighted by Crippen LogP contribution is -2.34. The van der Waals surface area contributed by atoms with Gasteiger partial charge in [0.1, 0.15) is 0 Å². The van der Waals surface area contributed by atoms with E-state index >= 15 is 0 Å². The summed E-state index contributed by atoms with van der Waals surface area (Å²) in [5, 5.41) is 8.35. The van der Waals surface area contributed by atoms with Crippen molar-refractivity contribution in [3.05, 3.63) is 29.8 Å². The van der Waals surface area contributed by atoms with E-state index < -0.39 is 20.6 Å². The van der Waals surface area contributed by atoms with Gasteiger partial charge in [0.05, 0.1) is 22.3 Å². The van der Waals surface area contributed by atoms with Crippen LogP contribution < -0.4 is 5.73 Å². The van der Waals surface area contributed by atoms with Gasteiger partial charge in [-0.1, -0.05) is 17.7 Å². The Balaban J connectivity index is 2.31. The third kappa shape index (κ3) is 1.75. The summed E-state index contributed by atoms with van der Waals surface area (Å²) in [6.45, 7) is 1.61. The molecule has 0 radical (unpaired) electrons. The molecular weight excluding hydrogens is 226 g/mol. The van der Waals surface area contributed by atoms with E-state index in [1.54, 1.807) is 24.3 Å². The SMILES string of the molecule is Cc1ccc(S(=O)(=O)C2CC2(N)CO)cc1. The Hall–Kier alpha value is -0.910. The first-order chi connectivity index (χ1) is 7.40. The van der Waals surface area contributed by atoms with Gasteiger partial charge in [-0.15, -0.1) is 0 Å². The predicted octanol–water partition coefficient (Wildman–Crippen LogP) is 0.231. The minimum absolute atomic E-state index is 0.281. The summed E-state index contributed by atoms with van der Waals surface area (Å²) in [5.74, 6) is 0. The topological polar surface area (TPSA) is 80.4 Å². The fourth-order valence-corrected chi connectivity index (χ4v) is 3.83. The molecule has 2 unspecified atom stereocenters. The highest BCUT2D eigenvalue weighted by atomic mass is 32.2. The van der Waals surface area contributed by atoms with Crippen molar-refractivity contribution in [2.75, 3.05) is 6.61 Å². The lowest BCUT2D eigenvalue weighted by Gasteiger charge is -2.08. The first-order valence-electron chi connectivity index (χ1n) is 5.10. The van der Waals surface area contributed by atoms with Crippen LogP contribution in [0.5, 0.6) is 0 Å². The number of aliphatic hydroxyl groups is 1. The maximum atomic E-state index is 12.1. The summed E-state index contributed by atoms with van der Waals surface area (Å²) in [7, 11) is -3.39. The quantitative estimate of drug-likeness (QED) is 0.794. The number of aliphatic hydroxyl groups excluding tert-OH is 1. The summed E-state index contributed by atoms with van der Waals surface area (Å²) in [5.41, 5.74) is 5.78. The molecule has 0 saturated heterocycles. The van der Waals surface area contributed by atoms with Gasteiger partial charge in [-0.25, -0.2) is 8.42 Å². The van der Waals surface area contributed by atoms with Crippen LogP contribution in [-0.4, -0.2) is 30.9 Å². The van der Waals surface area contributed by atoms with E-state index in [-0.39, 0.29) is 11.5 Å². The number of hydrogen-bond acceptors (Lipinski definition) is 4. The second-order valence-corrected chi connectivity index (χ2v) is 6.57. The molecule has 2 atom stereocenters. The Kier molecular flexibility index (Phi) is 2.57. The molecule has 1 saturated carbocycles. The van der Waals surface area contributed by atoms with E-state index in [4.69, 9.17) is 10.8 Å². The molecule has 0 heterocycles. The van der Waals surface area contributed by atoms with Crippen LogP contribution in [0.2, 0.25) is 0 Å². The summed E-state index contributed by atoms with van der Waals surface area (Å²) in [4.78, 5) is 0.281. The Labute approximate surface area is 95.0 Å². The van der Waals surface area contributed by atoms with Crippen molar-refractivity contribution in [3.63, 3.8) is 0 Å². The Morgan fingerprint density at radius 1 is 1.44 bits per heavy atom. The first-order valence-corrected chi connectivity index (χ1v) is 6.65. The maximum absolute atomic E-state index is 12.1. The number of aryl methyl sites for hydroxylation is 1. The molecule has 0 aliphatic heterocycles. The minimum Gasteiger partial charge on any atom is -0.394 e.